The summed E-state index contributed by atoms with van der Waals surface area (Å²) in [6, 6.07) is 19.5. The van der Waals surface area contributed by atoms with Crippen LogP contribution in [0.25, 0.3) is 22.5 Å². The van der Waals surface area contributed by atoms with E-state index in [9.17, 15) is 0 Å². The van der Waals surface area contributed by atoms with Gasteiger partial charge in [0.25, 0.3) is 0 Å². The zero-order valence-electron chi connectivity index (χ0n) is 11.6. The lowest BCUT2D eigenvalue weighted by molar-refractivity contribution is 0.582. The van der Waals surface area contributed by atoms with Crippen LogP contribution >= 0.6 is 10.0 Å². The Labute approximate surface area is 120 Å². The molecule has 0 N–H and O–H groups in total. The fourth-order valence-corrected chi connectivity index (χ4v) is 5.55. The van der Waals surface area contributed by atoms with Gasteiger partial charge in [-0.1, -0.05) is 30.3 Å². The number of rotatable bonds is 1. The Balaban J connectivity index is 1.97. The van der Waals surface area contributed by atoms with Crippen LogP contribution in [0.2, 0.25) is 0 Å². The molecule has 1 nitrogen and oxygen atoms in total. The zero-order valence-corrected chi connectivity index (χ0v) is 12.4. The second-order valence-electron chi connectivity index (χ2n) is 5.51. The molecule has 2 heterocycles. The summed E-state index contributed by atoms with van der Waals surface area (Å²) < 4.78 is 5.53. The molecule has 0 aliphatic carbocycles. The summed E-state index contributed by atoms with van der Waals surface area (Å²) in [4.78, 5) is 2.96. The summed E-state index contributed by atoms with van der Waals surface area (Å²) in [5.74, 6) is 0.943. The van der Waals surface area contributed by atoms with Gasteiger partial charge < -0.3 is 4.42 Å². The van der Waals surface area contributed by atoms with Crippen LogP contribution in [0, 0.1) is 0 Å². The van der Waals surface area contributed by atoms with Crippen molar-refractivity contribution < 1.29 is 4.42 Å². The highest BCUT2D eigenvalue weighted by molar-refractivity contribution is 8.33. The van der Waals surface area contributed by atoms with Crippen LogP contribution < -0.4 is 0 Å². The van der Waals surface area contributed by atoms with Crippen molar-refractivity contribution in [2.24, 2.45) is 0 Å². The van der Waals surface area contributed by atoms with Gasteiger partial charge in [-0.15, -0.1) is 0 Å². The van der Waals surface area contributed by atoms with E-state index in [1.54, 1.807) is 6.26 Å². The average Bonchev–Trinajstić information content (AvgIpc) is 3.07. The molecule has 100 valence electrons. The molecule has 0 bridgehead atoms. The van der Waals surface area contributed by atoms with E-state index in [0.29, 0.717) is 0 Å². The first-order chi connectivity index (χ1) is 9.68. The third-order valence-corrected chi connectivity index (χ3v) is 6.96. The topological polar surface area (TPSA) is 13.1 Å². The molecule has 0 saturated carbocycles. The Morgan fingerprint density at radius 1 is 0.800 bits per heavy atom. The maximum Gasteiger partial charge on any atom is 0.133 e. The van der Waals surface area contributed by atoms with E-state index in [4.69, 9.17) is 4.42 Å². The molecule has 4 rings (SSSR count). The van der Waals surface area contributed by atoms with Gasteiger partial charge >= 0.3 is 0 Å². The Kier molecular flexibility index (Phi) is 2.39. The fraction of sp³-hybridized carbons (Fsp3) is 0.111. The molecule has 0 spiro atoms. The predicted molar refractivity (Wildman–Crippen MR) is 85.6 cm³/mol. The minimum atomic E-state index is -0.920. The highest BCUT2D eigenvalue weighted by atomic mass is 32.3. The molecule has 0 saturated heterocycles. The summed E-state index contributed by atoms with van der Waals surface area (Å²) >= 11 is 0. The standard InChI is InChI=1S/C18H16OS/c1-20(2)17-8-4-3-6-14(17)15-10-9-13(12-18(15)20)16-7-5-11-19-16/h3-12H,1-2H3. The van der Waals surface area contributed by atoms with Crippen molar-refractivity contribution in [1.82, 2.24) is 0 Å². The van der Waals surface area contributed by atoms with Gasteiger partial charge in [0.1, 0.15) is 5.76 Å². The molecule has 1 aliphatic heterocycles. The van der Waals surface area contributed by atoms with Crippen LogP contribution in [0.4, 0.5) is 0 Å². The zero-order chi connectivity index (χ0) is 13.7. The highest BCUT2D eigenvalue weighted by Gasteiger charge is 2.31. The van der Waals surface area contributed by atoms with Crippen LogP contribution in [0.15, 0.2) is 75.1 Å². The van der Waals surface area contributed by atoms with E-state index in [1.165, 1.54) is 26.5 Å². The van der Waals surface area contributed by atoms with Crippen molar-refractivity contribution in [1.29, 1.82) is 0 Å². The minimum absolute atomic E-state index is 0.920. The number of benzene rings is 2. The Bertz CT molecular complexity index is 785. The van der Waals surface area contributed by atoms with E-state index < -0.39 is 10.0 Å². The third kappa shape index (κ3) is 1.52. The molecule has 3 aromatic rings. The molecule has 1 aliphatic rings. The summed E-state index contributed by atoms with van der Waals surface area (Å²) in [7, 11) is -0.920. The summed E-state index contributed by atoms with van der Waals surface area (Å²) in [5, 5.41) is 0. The maximum atomic E-state index is 5.53. The number of furan rings is 1. The molecule has 0 unspecified atom stereocenters. The van der Waals surface area contributed by atoms with E-state index in [2.05, 4.69) is 55.0 Å². The van der Waals surface area contributed by atoms with Gasteiger partial charge in [-0.25, -0.2) is 0 Å². The molecule has 2 aromatic carbocycles. The smallest absolute Gasteiger partial charge is 0.133 e. The molecule has 0 fully saturated rings. The highest BCUT2D eigenvalue weighted by Crippen LogP contribution is 2.67. The van der Waals surface area contributed by atoms with E-state index in [-0.39, 0.29) is 0 Å². The maximum absolute atomic E-state index is 5.53. The first-order valence-electron chi connectivity index (χ1n) is 6.69. The lowest BCUT2D eigenvalue weighted by Crippen LogP contribution is -1.92. The largest absolute Gasteiger partial charge is 0.464 e. The first-order valence-corrected chi connectivity index (χ1v) is 9.13. The van der Waals surface area contributed by atoms with Crippen molar-refractivity contribution >= 4 is 10.0 Å². The lowest BCUT2D eigenvalue weighted by atomic mass is 10.0. The van der Waals surface area contributed by atoms with Gasteiger partial charge in [0, 0.05) is 15.4 Å². The van der Waals surface area contributed by atoms with Gasteiger partial charge in [0.05, 0.1) is 6.26 Å². The number of hydrogen-bond donors (Lipinski definition) is 0. The van der Waals surface area contributed by atoms with Gasteiger partial charge in [0.2, 0.25) is 0 Å². The summed E-state index contributed by atoms with van der Waals surface area (Å²) in [6.07, 6.45) is 6.49. The van der Waals surface area contributed by atoms with Gasteiger partial charge in [-0.05, 0) is 47.9 Å². The Morgan fingerprint density at radius 3 is 2.40 bits per heavy atom. The van der Waals surface area contributed by atoms with Crippen molar-refractivity contribution in [2.45, 2.75) is 9.79 Å². The second-order valence-corrected chi connectivity index (χ2v) is 9.04. The van der Waals surface area contributed by atoms with Crippen LogP contribution in [-0.4, -0.2) is 12.5 Å². The van der Waals surface area contributed by atoms with Crippen molar-refractivity contribution in [3.63, 3.8) is 0 Å². The van der Waals surface area contributed by atoms with Gasteiger partial charge in [-0.2, -0.15) is 10.0 Å². The predicted octanol–water partition coefficient (Wildman–Crippen LogP) is 5.41. The molecule has 1 aromatic heterocycles. The summed E-state index contributed by atoms with van der Waals surface area (Å²) in [6.45, 7) is 0. The molecular formula is C18H16OS. The number of hydrogen-bond acceptors (Lipinski definition) is 1. The van der Waals surface area contributed by atoms with Crippen molar-refractivity contribution in [2.75, 3.05) is 12.5 Å². The lowest BCUT2D eigenvalue weighted by Gasteiger charge is -2.28. The molecule has 20 heavy (non-hydrogen) atoms. The van der Waals surface area contributed by atoms with E-state index in [0.717, 1.165) is 5.76 Å². The fourth-order valence-electron chi connectivity index (χ4n) is 3.02. The monoisotopic (exact) mass is 280 g/mol. The first kappa shape index (κ1) is 11.9. The quantitative estimate of drug-likeness (QED) is 0.581. The normalized spacial score (nSPS) is 16.5. The molecule has 0 atom stereocenters. The van der Waals surface area contributed by atoms with Crippen LogP contribution in [0.3, 0.4) is 0 Å². The Morgan fingerprint density at radius 2 is 1.60 bits per heavy atom. The number of fused-ring (bicyclic) bond motifs is 3. The van der Waals surface area contributed by atoms with Crippen LogP contribution in [0.5, 0.6) is 0 Å². The van der Waals surface area contributed by atoms with Gasteiger partial charge in [-0.3, -0.25) is 0 Å². The van der Waals surface area contributed by atoms with E-state index in [1.807, 2.05) is 12.1 Å². The second kappa shape index (κ2) is 4.03. The van der Waals surface area contributed by atoms with E-state index >= 15 is 0 Å². The molecule has 2 heteroatoms. The SMILES string of the molecule is CS1(C)c2ccccc2-c2ccc(-c3ccco3)cc21. The van der Waals surface area contributed by atoms with Crippen molar-refractivity contribution in [3.05, 3.63) is 60.9 Å². The van der Waals surface area contributed by atoms with Crippen LogP contribution in [0.1, 0.15) is 0 Å². The average molecular weight is 280 g/mol. The minimum Gasteiger partial charge on any atom is -0.464 e. The summed E-state index contributed by atoms with van der Waals surface area (Å²) in [5.41, 5.74) is 3.95. The third-order valence-electron chi connectivity index (χ3n) is 4.06. The van der Waals surface area contributed by atoms with Gasteiger partial charge in [0.15, 0.2) is 0 Å². The molecular weight excluding hydrogens is 264 g/mol. The van der Waals surface area contributed by atoms with Crippen LogP contribution in [-0.2, 0) is 0 Å². The Hall–Kier alpha value is -1.93. The molecule has 0 radical (unpaired) electrons. The van der Waals surface area contributed by atoms with Crippen molar-refractivity contribution in [3.8, 4) is 22.5 Å². The molecule has 0 amide bonds.